The zero-order chi connectivity index (χ0) is 11.2. The van der Waals surface area contributed by atoms with E-state index in [4.69, 9.17) is 5.73 Å². The van der Waals surface area contributed by atoms with Crippen LogP contribution in [0.4, 0.5) is 10.1 Å². The number of piperidine rings is 1. The lowest BCUT2D eigenvalue weighted by molar-refractivity contribution is 0.0878. The third kappa shape index (κ3) is 1.48. The minimum atomic E-state index is -1.28. The van der Waals surface area contributed by atoms with E-state index in [1.54, 1.807) is 18.5 Å². The molecule has 16 heavy (non-hydrogen) atoms. The van der Waals surface area contributed by atoms with Crippen LogP contribution >= 0.6 is 0 Å². The third-order valence-electron chi connectivity index (χ3n) is 3.81. The SMILES string of the molecule is Nc1ccncc1C1(F)CC2CCC(C1)N2. The quantitative estimate of drug-likeness (QED) is 0.759. The maximum atomic E-state index is 14.9. The molecule has 0 amide bonds. The largest absolute Gasteiger partial charge is 0.398 e. The molecule has 0 saturated carbocycles. The number of alkyl halides is 1. The number of halogens is 1. The summed E-state index contributed by atoms with van der Waals surface area (Å²) in [6.45, 7) is 0. The van der Waals surface area contributed by atoms with Crippen molar-refractivity contribution in [1.29, 1.82) is 0 Å². The van der Waals surface area contributed by atoms with Gasteiger partial charge in [-0.3, -0.25) is 4.98 Å². The predicted octanol–water partition coefficient (Wildman–Crippen LogP) is 1.74. The van der Waals surface area contributed by atoms with Gasteiger partial charge in [0, 0.05) is 48.6 Å². The van der Waals surface area contributed by atoms with E-state index in [-0.39, 0.29) is 0 Å². The van der Waals surface area contributed by atoms with Crippen molar-refractivity contribution < 1.29 is 4.39 Å². The van der Waals surface area contributed by atoms with Gasteiger partial charge in [-0.2, -0.15) is 0 Å². The van der Waals surface area contributed by atoms with E-state index in [1.807, 2.05) is 0 Å². The van der Waals surface area contributed by atoms with Crippen molar-refractivity contribution in [1.82, 2.24) is 10.3 Å². The van der Waals surface area contributed by atoms with Gasteiger partial charge >= 0.3 is 0 Å². The predicted molar refractivity (Wildman–Crippen MR) is 60.6 cm³/mol. The Morgan fingerprint density at radius 2 is 2.06 bits per heavy atom. The van der Waals surface area contributed by atoms with Crippen LogP contribution in [0.3, 0.4) is 0 Å². The molecule has 3 heterocycles. The van der Waals surface area contributed by atoms with Crippen molar-refractivity contribution in [2.75, 3.05) is 5.73 Å². The number of pyridine rings is 1. The zero-order valence-corrected chi connectivity index (χ0v) is 9.12. The maximum absolute atomic E-state index is 14.9. The van der Waals surface area contributed by atoms with E-state index in [1.165, 1.54) is 0 Å². The average molecular weight is 221 g/mol. The Hall–Kier alpha value is -1.16. The van der Waals surface area contributed by atoms with E-state index in [0.29, 0.717) is 36.2 Å². The molecule has 1 aromatic rings. The Labute approximate surface area is 94.2 Å². The molecule has 0 spiro atoms. The topological polar surface area (TPSA) is 50.9 Å². The van der Waals surface area contributed by atoms with Crippen molar-refractivity contribution in [2.45, 2.75) is 43.4 Å². The number of fused-ring (bicyclic) bond motifs is 2. The molecule has 3 nitrogen and oxygen atoms in total. The molecule has 0 radical (unpaired) electrons. The second-order valence-corrected chi connectivity index (χ2v) is 4.97. The molecule has 2 unspecified atom stereocenters. The summed E-state index contributed by atoms with van der Waals surface area (Å²) in [4.78, 5) is 4.00. The van der Waals surface area contributed by atoms with Crippen LogP contribution in [0.2, 0.25) is 0 Å². The molecular formula is C12H16FN3. The van der Waals surface area contributed by atoms with Crippen LogP contribution in [-0.2, 0) is 5.67 Å². The van der Waals surface area contributed by atoms with Gasteiger partial charge in [-0.15, -0.1) is 0 Å². The Balaban J connectivity index is 1.96. The number of hydrogen-bond acceptors (Lipinski definition) is 3. The van der Waals surface area contributed by atoms with Gasteiger partial charge in [0.15, 0.2) is 0 Å². The highest BCUT2D eigenvalue weighted by Gasteiger charge is 2.46. The van der Waals surface area contributed by atoms with Crippen LogP contribution in [0.25, 0.3) is 0 Å². The Morgan fingerprint density at radius 3 is 2.69 bits per heavy atom. The second-order valence-electron chi connectivity index (χ2n) is 4.97. The Morgan fingerprint density at radius 1 is 1.38 bits per heavy atom. The van der Waals surface area contributed by atoms with Gasteiger partial charge in [-0.25, -0.2) is 4.39 Å². The van der Waals surface area contributed by atoms with E-state index in [0.717, 1.165) is 12.8 Å². The summed E-state index contributed by atoms with van der Waals surface area (Å²) in [5, 5.41) is 3.43. The van der Waals surface area contributed by atoms with Crippen LogP contribution < -0.4 is 11.1 Å². The van der Waals surface area contributed by atoms with Crippen LogP contribution in [0.1, 0.15) is 31.2 Å². The number of anilines is 1. The number of nitrogens with two attached hydrogens (primary N) is 1. The number of aromatic nitrogens is 1. The lowest BCUT2D eigenvalue weighted by Crippen LogP contribution is -2.44. The monoisotopic (exact) mass is 221 g/mol. The zero-order valence-electron chi connectivity index (χ0n) is 9.12. The lowest BCUT2D eigenvalue weighted by atomic mass is 9.83. The fraction of sp³-hybridized carbons (Fsp3) is 0.583. The van der Waals surface area contributed by atoms with Crippen molar-refractivity contribution in [2.24, 2.45) is 0 Å². The summed E-state index contributed by atoms with van der Waals surface area (Å²) in [7, 11) is 0. The fourth-order valence-electron chi connectivity index (χ4n) is 3.09. The molecule has 2 aliphatic rings. The van der Waals surface area contributed by atoms with Gasteiger partial charge in [0.05, 0.1) is 0 Å². The van der Waals surface area contributed by atoms with E-state index >= 15 is 0 Å². The number of nitrogens with zero attached hydrogens (tertiary/aromatic N) is 1. The maximum Gasteiger partial charge on any atom is 0.142 e. The molecule has 2 aliphatic heterocycles. The highest BCUT2D eigenvalue weighted by molar-refractivity contribution is 5.48. The van der Waals surface area contributed by atoms with Crippen molar-refractivity contribution >= 4 is 5.69 Å². The van der Waals surface area contributed by atoms with E-state index in [2.05, 4.69) is 10.3 Å². The van der Waals surface area contributed by atoms with E-state index < -0.39 is 5.67 Å². The molecule has 3 rings (SSSR count). The molecule has 2 saturated heterocycles. The average Bonchev–Trinajstić information content (AvgIpc) is 2.59. The first-order chi connectivity index (χ1) is 7.67. The molecule has 3 N–H and O–H groups in total. The molecule has 0 aromatic carbocycles. The van der Waals surface area contributed by atoms with Crippen molar-refractivity contribution in [3.05, 3.63) is 24.0 Å². The normalized spacial score (nSPS) is 37.6. The first-order valence-corrected chi connectivity index (χ1v) is 5.82. The molecule has 86 valence electrons. The third-order valence-corrected chi connectivity index (χ3v) is 3.81. The van der Waals surface area contributed by atoms with Crippen molar-refractivity contribution in [3.63, 3.8) is 0 Å². The second kappa shape index (κ2) is 3.42. The van der Waals surface area contributed by atoms with Gasteiger partial charge < -0.3 is 11.1 Å². The van der Waals surface area contributed by atoms with Crippen LogP contribution in [0.15, 0.2) is 18.5 Å². The number of nitrogen functional groups attached to an aromatic ring is 1. The lowest BCUT2D eigenvalue weighted by Gasteiger charge is -2.35. The highest BCUT2D eigenvalue weighted by Crippen LogP contribution is 2.45. The van der Waals surface area contributed by atoms with Crippen molar-refractivity contribution in [3.8, 4) is 0 Å². The number of rotatable bonds is 1. The molecule has 4 heteroatoms. The van der Waals surface area contributed by atoms with Gasteiger partial charge in [-0.05, 0) is 18.9 Å². The molecule has 2 atom stereocenters. The Bertz CT molecular complexity index is 395. The van der Waals surface area contributed by atoms with Crippen LogP contribution in [0.5, 0.6) is 0 Å². The van der Waals surface area contributed by atoms with Gasteiger partial charge in [0.25, 0.3) is 0 Å². The van der Waals surface area contributed by atoms with Gasteiger partial charge in [0.1, 0.15) is 5.67 Å². The summed E-state index contributed by atoms with van der Waals surface area (Å²) in [5.74, 6) is 0. The molecule has 0 aliphatic carbocycles. The smallest absolute Gasteiger partial charge is 0.142 e. The van der Waals surface area contributed by atoms with Gasteiger partial charge in [0.2, 0.25) is 0 Å². The summed E-state index contributed by atoms with van der Waals surface area (Å²) in [6.07, 6.45) is 6.41. The summed E-state index contributed by atoms with van der Waals surface area (Å²) in [5.41, 5.74) is 5.67. The van der Waals surface area contributed by atoms with Crippen LogP contribution in [0, 0.1) is 0 Å². The molecule has 2 bridgehead atoms. The first-order valence-electron chi connectivity index (χ1n) is 5.82. The van der Waals surface area contributed by atoms with E-state index in [9.17, 15) is 4.39 Å². The minimum absolute atomic E-state index is 0.309. The molecule has 1 aromatic heterocycles. The van der Waals surface area contributed by atoms with Gasteiger partial charge in [-0.1, -0.05) is 0 Å². The first kappa shape index (κ1) is 10.0. The molecular weight excluding hydrogens is 205 g/mol. The minimum Gasteiger partial charge on any atom is -0.398 e. The summed E-state index contributed by atoms with van der Waals surface area (Å²) in [6, 6.07) is 2.30. The fourth-order valence-corrected chi connectivity index (χ4v) is 3.09. The summed E-state index contributed by atoms with van der Waals surface area (Å²) < 4.78 is 14.9. The van der Waals surface area contributed by atoms with Crippen LogP contribution in [-0.4, -0.2) is 17.1 Å². The number of hydrogen-bond donors (Lipinski definition) is 2. The summed E-state index contributed by atoms with van der Waals surface area (Å²) >= 11 is 0. The Kier molecular flexibility index (Phi) is 2.14. The molecule has 2 fully saturated rings. The number of nitrogens with one attached hydrogen (secondary N) is 1. The standard InChI is InChI=1S/C12H16FN3/c13-12(10-7-15-4-3-11(10)14)5-8-1-2-9(6-12)16-8/h3-4,7-9,16H,1-2,5-6H2,(H2,14,15). The highest BCUT2D eigenvalue weighted by atomic mass is 19.1.